The molecule has 3 unspecified atom stereocenters. The second kappa shape index (κ2) is 8.34. The molecule has 136 valence electrons. The monoisotopic (exact) mass is 346 g/mol. The van der Waals surface area contributed by atoms with Crippen molar-refractivity contribution in [3.8, 4) is 5.75 Å². The van der Waals surface area contributed by atoms with Crippen molar-refractivity contribution in [1.82, 2.24) is 10.6 Å². The van der Waals surface area contributed by atoms with Gasteiger partial charge in [0, 0.05) is 12.6 Å². The van der Waals surface area contributed by atoms with Gasteiger partial charge in [-0.3, -0.25) is 4.79 Å². The summed E-state index contributed by atoms with van der Waals surface area (Å²) in [5.74, 6) is 0.879. The summed E-state index contributed by atoms with van der Waals surface area (Å²) >= 11 is 0. The van der Waals surface area contributed by atoms with Crippen LogP contribution in [-0.4, -0.2) is 37.7 Å². The minimum absolute atomic E-state index is 0.0651. The van der Waals surface area contributed by atoms with Gasteiger partial charge < -0.3 is 20.1 Å². The van der Waals surface area contributed by atoms with E-state index < -0.39 is 5.97 Å². The van der Waals surface area contributed by atoms with Crippen LogP contribution in [0.25, 0.3) is 0 Å². The number of amides is 1. The Labute approximate surface area is 148 Å². The van der Waals surface area contributed by atoms with Gasteiger partial charge in [0.2, 0.25) is 5.91 Å². The Morgan fingerprint density at radius 3 is 2.92 bits per heavy atom. The molecular formula is C19H26N2O4. The maximum atomic E-state index is 12.4. The third-order valence-electron chi connectivity index (χ3n) is 5.13. The first kappa shape index (κ1) is 17.7. The zero-order valence-corrected chi connectivity index (χ0v) is 14.6. The van der Waals surface area contributed by atoms with Gasteiger partial charge in [-0.15, -0.1) is 0 Å². The molecule has 2 N–H and O–H groups in total. The van der Waals surface area contributed by atoms with Gasteiger partial charge in [0.15, 0.2) is 6.61 Å². The van der Waals surface area contributed by atoms with Crippen molar-refractivity contribution < 1.29 is 19.1 Å². The lowest BCUT2D eigenvalue weighted by molar-refractivity contribution is -0.142. The summed E-state index contributed by atoms with van der Waals surface area (Å²) in [4.78, 5) is 23.6. The van der Waals surface area contributed by atoms with Gasteiger partial charge in [-0.2, -0.15) is 0 Å². The van der Waals surface area contributed by atoms with Crippen molar-refractivity contribution in [2.24, 2.45) is 5.92 Å². The second-order valence-corrected chi connectivity index (χ2v) is 6.84. The van der Waals surface area contributed by atoms with Crippen LogP contribution in [-0.2, 0) is 20.9 Å². The molecule has 6 heteroatoms. The largest absolute Gasteiger partial charge is 0.482 e. The molecule has 3 rings (SSSR count). The van der Waals surface area contributed by atoms with Crippen LogP contribution in [0.1, 0.15) is 37.7 Å². The van der Waals surface area contributed by atoms with E-state index in [-0.39, 0.29) is 18.6 Å². The summed E-state index contributed by atoms with van der Waals surface area (Å²) in [5, 5.41) is 6.50. The zero-order valence-electron chi connectivity index (χ0n) is 14.6. The minimum atomic E-state index is -0.424. The number of rotatable bonds is 6. The van der Waals surface area contributed by atoms with Crippen LogP contribution in [0.5, 0.6) is 5.75 Å². The van der Waals surface area contributed by atoms with Gasteiger partial charge in [-0.25, -0.2) is 4.79 Å². The topological polar surface area (TPSA) is 76.7 Å². The highest BCUT2D eigenvalue weighted by atomic mass is 16.6. The van der Waals surface area contributed by atoms with Crippen LogP contribution < -0.4 is 15.4 Å². The Balaban J connectivity index is 1.48. The van der Waals surface area contributed by atoms with Crippen LogP contribution in [0.4, 0.5) is 0 Å². The lowest BCUT2D eigenvalue weighted by atomic mass is 9.85. The average Bonchev–Trinajstić information content (AvgIpc) is 3.09. The first-order valence-electron chi connectivity index (χ1n) is 8.98. The Kier molecular flexibility index (Phi) is 5.91. The molecule has 0 spiro atoms. The smallest absolute Gasteiger partial charge is 0.343 e. The first-order valence-corrected chi connectivity index (χ1v) is 8.98. The standard InChI is InChI=1S/C19H26N2O4/c1-24-18(22)12-25-15-7-4-5-13(9-15)11-20-19(23)17-10-14-6-2-3-8-16(14)21-17/h4-5,7,9,14,16-17,21H,2-3,6,8,10-12H2,1H3,(H,20,23). The van der Waals surface area contributed by atoms with Crippen molar-refractivity contribution in [1.29, 1.82) is 0 Å². The van der Waals surface area contributed by atoms with E-state index in [4.69, 9.17) is 4.74 Å². The lowest BCUT2D eigenvalue weighted by Crippen LogP contribution is -2.42. The third-order valence-corrected chi connectivity index (χ3v) is 5.13. The summed E-state index contributed by atoms with van der Waals surface area (Å²) in [6, 6.07) is 7.80. The second-order valence-electron chi connectivity index (χ2n) is 6.84. The van der Waals surface area contributed by atoms with Crippen LogP contribution in [0.15, 0.2) is 24.3 Å². The van der Waals surface area contributed by atoms with Gasteiger partial charge in [-0.05, 0) is 42.9 Å². The van der Waals surface area contributed by atoms with E-state index in [1.807, 2.05) is 18.2 Å². The van der Waals surface area contributed by atoms with Crippen molar-refractivity contribution in [3.63, 3.8) is 0 Å². The maximum absolute atomic E-state index is 12.4. The molecule has 0 aromatic heterocycles. The molecule has 3 atom stereocenters. The van der Waals surface area contributed by atoms with Gasteiger partial charge in [0.1, 0.15) is 5.75 Å². The van der Waals surface area contributed by atoms with Crippen molar-refractivity contribution >= 4 is 11.9 Å². The van der Waals surface area contributed by atoms with E-state index >= 15 is 0 Å². The predicted octanol–water partition coefficient (Wildman–Crippen LogP) is 1.78. The third kappa shape index (κ3) is 4.72. The first-order chi connectivity index (χ1) is 12.2. The van der Waals surface area contributed by atoms with E-state index in [2.05, 4.69) is 15.4 Å². The number of esters is 1. The van der Waals surface area contributed by atoms with E-state index in [1.54, 1.807) is 6.07 Å². The van der Waals surface area contributed by atoms with E-state index in [9.17, 15) is 9.59 Å². The molecule has 1 heterocycles. The van der Waals surface area contributed by atoms with Crippen molar-refractivity contribution in [2.45, 2.75) is 50.7 Å². The predicted molar refractivity (Wildman–Crippen MR) is 93.1 cm³/mol. The molecule has 1 saturated carbocycles. The van der Waals surface area contributed by atoms with Crippen LogP contribution >= 0.6 is 0 Å². The van der Waals surface area contributed by atoms with E-state index in [0.29, 0.717) is 24.3 Å². The minimum Gasteiger partial charge on any atom is -0.482 e. The van der Waals surface area contributed by atoms with Crippen LogP contribution in [0.2, 0.25) is 0 Å². The zero-order chi connectivity index (χ0) is 17.6. The fraction of sp³-hybridized carbons (Fsp3) is 0.579. The molecule has 2 fully saturated rings. The van der Waals surface area contributed by atoms with E-state index in [1.165, 1.54) is 32.8 Å². The van der Waals surface area contributed by atoms with Crippen LogP contribution in [0, 0.1) is 5.92 Å². The summed E-state index contributed by atoms with van der Waals surface area (Å²) in [6.45, 7) is 0.322. The number of ether oxygens (including phenoxy) is 2. The van der Waals surface area contributed by atoms with Crippen LogP contribution in [0.3, 0.4) is 0 Å². The highest BCUT2D eigenvalue weighted by molar-refractivity contribution is 5.82. The lowest BCUT2D eigenvalue weighted by Gasteiger charge is -2.24. The highest BCUT2D eigenvalue weighted by Crippen LogP contribution is 2.33. The molecule has 0 radical (unpaired) electrons. The summed E-state index contributed by atoms with van der Waals surface area (Å²) in [5.41, 5.74) is 0.936. The fourth-order valence-corrected chi connectivity index (χ4v) is 3.78. The van der Waals surface area contributed by atoms with Gasteiger partial charge in [0.25, 0.3) is 0 Å². The quantitative estimate of drug-likeness (QED) is 0.768. The molecule has 25 heavy (non-hydrogen) atoms. The maximum Gasteiger partial charge on any atom is 0.343 e. The Hall–Kier alpha value is -2.08. The molecule has 1 amide bonds. The Morgan fingerprint density at radius 1 is 1.28 bits per heavy atom. The number of carbonyl (C=O) groups is 2. The average molecular weight is 346 g/mol. The molecule has 1 aromatic rings. The van der Waals surface area contributed by atoms with Gasteiger partial charge >= 0.3 is 5.97 Å². The molecule has 1 aromatic carbocycles. The normalized spacial score (nSPS) is 25.1. The summed E-state index contributed by atoms with van der Waals surface area (Å²) in [7, 11) is 1.32. The van der Waals surface area contributed by atoms with Crippen molar-refractivity contribution in [3.05, 3.63) is 29.8 Å². The SMILES string of the molecule is COC(=O)COc1cccc(CNC(=O)C2CC3CCCCC3N2)c1. The number of fused-ring (bicyclic) bond motifs is 1. The summed E-state index contributed by atoms with van der Waals surface area (Å²) < 4.78 is 9.92. The van der Waals surface area contributed by atoms with Gasteiger partial charge in [-0.1, -0.05) is 25.0 Å². The van der Waals surface area contributed by atoms with E-state index in [0.717, 1.165) is 12.0 Å². The number of hydrogen-bond donors (Lipinski definition) is 2. The molecule has 1 aliphatic carbocycles. The number of methoxy groups -OCH3 is 1. The number of benzene rings is 1. The molecule has 0 bridgehead atoms. The fourth-order valence-electron chi connectivity index (χ4n) is 3.78. The molecule has 6 nitrogen and oxygen atoms in total. The Bertz CT molecular complexity index is 605. The number of carbonyl (C=O) groups excluding carboxylic acids is 2. The number of hydrogen-bond acceptors (Lipinski definition) is 5. The molecular weight excluding hydrogens is 320 g/mol. The van der Waals surface area contributed by atoms with Gasteiger partial charge in [0.05, 0.1) is 13.2 Å². The molecule has 1 saturated heterocycles. The summed E-state index contributed by atoms with van der Waals surface area (Å²) in [6.07, 6.45) is 5.92. The number of nitrogens with one attached hydrogen (secondary N) is 2. The molecule has 1 aliphatic heterocycles. The Morgan fingerprint density at radius 2 is 2.12 bits per heavy atom. The van der Waals surface area contributed by atoms with Crippen molar-refractivity contribution in [2.75, 3.05) is 13.7 Å². The molecule has 2 aliphatic rings. The highest BCUT2D eigenvalue weighted by Gasteiger charge is 2.37.